The predicted octanol–water partition coefficient (Wildman–Crippen LogP) is 3.54. The quantitative estimate of drug-likeness (QED) is 0.358. The molecule has 3 heterocycles. The van der Waals surface area contributed by atoms with Crippen LogP contribution in [0.5, 0.6) is 5.75 Å². The Hall–Kier alpha value is -3.89. The third-order valence-electron chi connectivity index (χ3n) is 4.77. The SMILES string of the molecule is O=C(COc1cccc(/C=c2\sc3nc(-c4ccncc4)nn3c2=O)c1)Nc1ccc(Br)cc1. The monoisotopic (exact) mass is 533 g/mol. The number of anilines is 1. The van der Waals surface area contributed by atoms with Crippen molar-refractivity contribution in [2.75, 3.05) is 11.9 Å². The highest BCUT2D eigenvalue weighted by Crippen LogP contribution is 2.17. The van der Waals surface area contributed by atoms with Gasteiger partial charge < -0.3 is 10.1 Å². The Kier molecular flexibility index (Phi) is 6.15. The molecule has 0 aliphatic heterocycles. The van der Waals surface area contributed by atoms with Gasteiger partial charge >= 0.3 is 0 Å². The number of hydrogen-bond donors (Lipinski definition) is 1. The van der Waals surface area contributed by atoms with E-state index in [2.05, 4.69) is 36.3 Å². The zero-order valence-corrected chi connectivity index (χ0v) is 19.9. The predicted molar refractivity (Wildman–Crippen MR) is 134 cm³/mol. The van der Waals surface area contributed by atoms with Gasteiger partial charge in [-0.25, -0.2) is 0 Å². The van der Waals surface area contributed by atoms with Gasteiger partial charge in [0, 0.05) is 28.1 Å². The average Bonchev–Trinajstić information content (AvgIpc) is 3.39. The fourth-order valence-electron chi connectivity index (χ4n) is 3.18. The Labute approximate surface area is 205 Å². The van der Waals surface area contributed by atoms with Gasteiger partial charge in [0.15, 0.2) is 12.4 Å². The Morgan fingerprint density at radius 1 is 1.12 bits per heavy atom. The molecular formula is C24H16BrN5O3S. The molecule has 3 aromatic heterocycles. The van der Waals surface area contributed by atoms with Crippen molar-refractivity contribution in [3.63, 3.8) is 0 Å². The lowest BCUT2D eigenvalue weighted by Gasteiger charge is -2.08. The number of benzene rings is 2. The minimum atomic E-state index is -0.269. The number of aromatic nitrogens is 4. The topological polar surface area (TPSA) is 98.5 Å². The van der Waals surface area contributed by atoms with Gasteiger partial charge in [0.2, 0.25) is 4.96 Å². The van der Waals surface area contributed by atoms with Crippen molar-refractivity contribution < 1.29 is 9.53 Å². The van der Waals surface area contributed by atoms with Crippen LogP contribution >= 0.6 is 27.3 Å². The zero-order chi connectivity index (χ0) is 23.5. The fourth-order valence-corrected chi connectivity index (χ4v) is 4.35. The number of carbonyl (C=O) groups is 1. The number of nitrogens with one attached hydrogen (secondary N) is 1. The van der Waals surface area contributed by atoms with E-state index in [1.807, 2.05) is 18.2 Å². The summed E-state index contributed by atoms with van der Waals surface area (Å²) in [5.74, 6) is 0.731. The number of hydrogen-bond acceptors (Lipinski definition) is 7. The summed E-state index contributed by atoms with van der Waals surface area (Å²) in [5, 5.41) is 7.11. The molecule has 0 bridgehead atoms. The van der Waals surface area contributed by atoms with E-state index < -0.39 is 0 Å². The molecular weight excluding hydrogens is 518 g/mol. The van der Waals surface area contributed by atoms with Crippen LogP contribution in [-0.2, 0) is 4.79 Å². The third-order valence-corrected chi connectivity index (χ3v) is 6.26. The van der Waals surface area contributed by atoms with Crippen LogP contribution in [0.15, 0.2) is 82.3 Å². The van der Waals surface area contributed by atoms with Crippen molar-refractivity contribution in [1.82, 2.24) is 19.6 Å². The maximum atomic E-state index is 12.8. The molecule has 0 spiro atoms. The lowest BCUT2D eigenvalue weighted by molar-refractivity contribution is -0.118. The summed E-state index contributed by atoms with van der Waals surface area (Å²) < 4.78 is 8.37. The average molecular weight is 534 g/mol. The van der Waals surface area contributed by atoms with Crippen molar-refractivity contribution in [2.24, 2.45) is 0 Å². The standard InChI is InChI=1S/C24H16BrN5O3S/c25-17-4-6-18(7-5-17)27-21(31)14-33-19-3-1-2-15(12-19)13-20-23(32)30-24(34-20)28-22(29-30)16-8-10-26-11-9-16/h1-13H,14H2,(H,27,31)/b20-13-. The normalized spacial score (nSPS) is 11.6. The van der Waals surface area contributed by atoms with Crippen LogP contribution in [0, 0.1) is 0 Å². The molecule has 0 aliphatic carbocycles. The smallest absolute Gasteiger partial charge is 0.291 e. The summed E-state index contributed by atoms with van der Waals surface area (Å²) in [6.45, 7) is -0.138. The van der Waals surface area contributed by atoms with Crippen LogP contribution in [0.4, 0.5) is 5.69 Å². The molecule has 0 saturated heterocycles. The summed E-state index contributed by atoms with van der Waals surface area (Å²) in [5.41, 5.74) is 2.00. The highest BCUT2D eigenvalue weighted by atomic mass is 79.9. The molecule has 1 amide bonds. The lowest BCUT2D eigenvalue weighted by atomic mass is 10.2. The summed E-state index contributed by atoms with van der Waals surface area (Å²) in [7, 11) is 0. The molecule has 0 unspecified atom stereocenters. The first-order valence-corrected chi connectivity index (χ1v) is 11.8. The highest BCUT2D eigenvalue weighted by Gasteiger charge is 2.12. The highest BCUT2D eigenvalue weighted by molar-refractivity contribution is 9.10. The van der Waals surface area contributed by atoms with E-state index in [-0.39, 0.29) is 18.1 Å². The second kappa shape index (κ2) is 9.54. The van der Waals surface area contributed by atoms with Crippen molar-refractivity contribution in [2.45, 2.75) is 0 Å². The second-order valence-corrected chi connectivity index (χ2v) is 9.12. The number of halogens is 1. The maximum Gasteiger partial charge on any atom is 0.291 e. The first-order valence-electron chi connectivity index (χ1n) is 10.2. The largest absolute Gasteiger partial charge is 0.484 e. The lowest BCUT2D eigenvalue weighted by Crippen LogP contribution is -2.23. The van der Waals surface area contributed by atoms with Gasteiger partial charge in [-0.1, -0.05) is 39.4 Å². The molecule has 0 fully saturated rings. The van der Waals surface area contributed by atoms with E-state index in [0.717, 1.165) is 15.6 Å². The van der Waals surface area contributed by atoms with Crippen LogP contribution in [0.25, 0.3) is 22.4 Å². The van der Waals surface area contributed by atoms with Gasteiger partial charge in [0.25, 0.3) is 11.5 Å². The van der Waals surface area contributed by atoms with Gasteiger partial charge in [-0.15, -0.1) is 5.10 Å². The number of nitrogens with zero attached hydrogens (tertiary/aromatic N) is 4. The first kappa shape index (κ1) is 21.9. The molecule has 0 radical (unpaired) electrons. The van der Waals surface area contributed by atoms with Crippen molar-refractivity contribution >= 4 is 49.9 Å². The molecule has 5 aromatic rings. The zero-order valence-electron chi connectivity index (χ0n) is 17.5. The number of thiazole rings is 1. The minimum Gasteiger partial charge on any atom is -0.484 e. The van der Waals surface area contributed by atoms with E-state index in [9.17, 15) is 9.59 Å². The van der Waals surface area contributed by atoms with Crippen LogP contribution in [0.2, 0.25) is 0 Å². The van der Waals surface area contributed by atoms with E-state index in [0.29, 0.717) is 26.8 Å². The van der Waals surface area contributed by atoms with E-state index in [1.165, 1.54) is 15.9 Å². The van der Waals surface area contributed by atoms with E-state index in [1.54, 1.807) is 60.9 Å². The molecule has 0 aliphatic rings. The molecule has 8 nitrogen and oxygen atoms in total. The summed E-state index contributed by atoms with van der Waals surface area (Å²) >= 11 is 4.62. The number of rotatable bonds is 6. The Bertz CT molecular complexity index is 1580. The second-order valence-electron chi connectivity index (χ2n) is 7.20. The maximum absolute atomic E-state index is 12.8. The molecule has 2 aromatic carbocycles. The number of carbonyl (C=O) groups excluding carboxylic acids is 1. The third kappa shape index (κ3) is 4.87. The van der Waals surface area contributed by atoms with Crippen molar-refractivity contribution in [3.05, 3.63) is 98.0 Å². The molecule has 10 heteroatoms. The van der Waals surface area contributed by atoms with Gasteiger partial charge in [0.05, 0.1) is 4.53 Å². The van der Waals surface area contributed by atoms with Crippen molar-refractivity contribution in [1.29, 1.82) is 0 Å². The Morgan fingerprint density at radius 2 is 1.91 bits per heavy atom. The summed E-state index contributed by atoms with van der Waals surface area (Å²) in [4.78, 5) is 33.9. The van der Waals surface area contributed by atoms with Gasteiger partial charge in [0.1, 0.15) is 5.75 Å². The van der Waals surface area contributed by atoms with Gasteiger partial charge in [-0.2, -0.15) is 9.50 Å². The first-order chi connectivity index (χ1) is 16.5. The van der Waals surface area contributed by atoms with E-state index in [4.69, 9.17) is 4.74 Å². The van der Waals surface area contributed by atoms with Crippen LogP contribution < -0.4 is 20.1 Å². The fraction of sp³-hybridized carbons (Fsp3) is 0.0417. The van der Waals surface area contributed by atoms with E-state index >= 15 is 0 Å². The molecule has 5 rings (SSSR count). The van der Waals surface area contributed by atoms with Crippen LogP contribution in [0.1, 0.15) is 5.56 Å². The van der Waals surface area contributed by atoms with Gasteiger partial charge in [-0.3, -0.25) is 14.6 Å². The van der Waals surface area contributed by atoms with Crippen LogP contribution in [0.3, 0.4) is 0 Å². The van der Waals surface area contributed by atoms with Crippen molar-refractivity contribution in [3.8, 4) is 17.1 Å². The minimum absolute atomic E-state index is 0.138. The molecule has 34 heavy (non-hydrogen) atoms. The molecule has 168 valence electrons. The number of amides is 1. The molecule has 1 N–H and O–H groups in total. The Morgan fingerprint density at radius 3 is 2.68 bits per heavy atom. The number of ether oxygens (including phenoxy) is 1. The van der Waals surface area contributed by atoms with Crippen LogP contribution in [-0.4, -0.2) is 32.1 Å². The van der Waals surface area contributed by atoms with Gasteiger partial charge in [-0.05, 0) is 60.2 Å². The Balaban J connectivity index is 1.31. The summed E-state index contributed by atoms with van der Waals surface area (Å²) in [6, 6.07) is 18.0. The number of fused-ring (bicyclic) bond motifs is 1. The molecule has 0 saturated carbocycles. The summed E-state index contributed by atoms with van der Waals surface area (Å²) in [6.07, 6.45) is 5.06. The molecule has 0 atom stereocenters. The number of pyridine rings is 1.